The second-order valence-corrected chi connectivity index (χ2v) is 7.99. The van der Waals surface area contributed by atoms with E-state index in [4.69, 9.17) is 4.74 Å². The fourth-order valence-corrected chi connectivity index (χ4v) is 4.41. The van der Waals surface area contributed by atoms with Gasteiger partial charge >= 0.3 is 0 Å². The number of morpholine rings is 1. The quantitative estimate of drug-likeness (QED) is 0.683. The van der Waals surface area contributed by atoms with Crippen LogP contribution in [0.25, 0.3) is 0 Å². The van der Waals surface area contributed by atoms with Gasteiger partial charge in [-0.05, 0) is 35.7 Å². The lowest BCUT2D eigenvalue weighted by Gasteiger charge is -2.28. The molecule has 0 spiro atoms. The van der Waals surface area contributed by atoms with Crippen LogP contribution in [0.5, 0.6) is 0 Å². The molecule has 5 rings (SSSR count). The van der Waals surface area contributed by atoms with Crippen LogP contribution in [0, 0.1) is 5.82 Å². The molecule has 1 aromatic heterocycles. The molecule has 1 N–H and O–H groups in total. The Balaban J connectivity index is 1.45. The normalized spacial score (nSPS) is 18.0. The topological polar surface area (TPSA) is 78.5 Å². The molecule has 8 heteroatoms. The predicted molar refractivity (Wildman–Crippen MR) is 118 cm³/mol. The number of anilines is 2. The van der Waals surface area contributed by atoms with Crippen molar-refractivity contribution in [2.24, 2.45) is 0 Å². The van der Waals surface area contributed by atoms with Crippen molar-refractivity contribution in [2.75, 3.05) is 36.1 Å². The van der Waals surface area contributed by atoms with Gasteiger partial charge in [0.1, 0.15) is 17.5 Å². The van der Waals surface area contributed by atoms with Crippen molar-refractivity contribution >= 4 is 17.4 Å². The number of nitrogens with one attached hydrogen (secondary N) is 1. The molecule has 0 unspecified atom stereocenters. The van der Waals surface area contributed by atoms with Crippen LogP contribution < -0.4 is 15.4 Å². The molecule has 1 amide bonds. The van der Waals surface area contributed by atoms with E-state index in [-0.39, 0.29) is 29.7 Å². The Bertz CT molecular complexity index is 1190. The molecular weight excluding hydrogens is 411 g/mol. The van der Waals surface area contributed by atoms with Crippen molar-refractivity contribution in [2.45, 2.75) is 18.9 Å². The Hall–Kier alpha value is -3.52. The summed E-state index contributed by atoms with van der Waals surface area (Å²) in [6, 6.07) is 15.2. The maximum Gasteiger partial charge on any atom is 0.252 e. The Labute approximate surface area is 184 Å². The van der Waals surface area contributed by atoms with E-state index in [0.29, 0.717) is 44.4 Å². The maximum atomic E-state index is 13.5. The third-order valence-electron chi connectivity index (χ3n) is 5.93. The molecule has 1 atom stereocenters. The summed E-state index contributed by atoms with van der Waals surface area (Å²) < 4.78 is 18.8. The molecule has 1 fully saturated rings. The van der Waals surface area contributed by atoms with Crippen molar-refractivity contribution in [3.05, 3.63) is 87.7 Å². The highest BCUT2D eigenvalue weighted by Gasteiger charge is 2.34. The van der Waals surface area contributed by atoms with Gasteiger partial charge in [-0.1, -0.05) is 30.3 Å². The van der Waals surface area contributed by atoms with Gasteiger partial charge in [0.15, 0.2) is 0 Å². The summed E-state index contributed by atoms with van der Waals surface area (Å²) in [7, 11) is 0. The number of aromatic nitrogens is 2. The largest absolute Gasteiger partial charge is 0.378 e. The van der Waals surface area contributed by atoms with Crippen LogP contribution >= 0.6 is 0 Å². The highest BCUT2D eigenvalue weighted by atomic mass is 19.1. The van der Waals surface area contributed by atoms with Crippen molar-refractivity contribution in [3.8, 4) is 0 Å². The molecule has 3 heterocycles. The van der Waals surface area contributed by atoms with Crippen LogP contribution in [0.3, 0.4) is 0 Å². The second kappa shape index (κ2) is 8.55. The predicted octanol–water partition coefficient (Wildman–Crippen LogP) is 2.62. The van der Waals surface area contributed by atoms with Crippen LogP contribution in [0.4, 0.5) is 15.9 Å². The zero-order valence-corrected chi connectivity index (χ0v) is 17.5. The average molecular weight is 434 g/mol. The van der Waals surface area contributed by atoms with Gasteiger partial charge in [0.2, 0.25) is 5.91 Å². The lowest BCUT2D eigenvalue weighted by Crippen LogP contribution is -2.38. The van der Waals surface area contributed by atoms with Gasteiger partial charge in [0, 0.05) is 24.8 Å². The molecule has 2 aliphatic heterocycles. The van der Waals surface area contributed by atoms with E-state index >= 15 is 0 Å². The molecule has 32 heavy (non-hydrogen) atoms. The number of aromatic amines is 1. The maximum absolute atomic E-state index is 13.5. The first kappa shape index (κ1) is 20.4. The number of amides is 1. The highest BCUT2D eigenvalue weighted by molar-refractivity contribution is 5.97. The molecule has 0 aliphatic carbocycles. The number of nitrogens with zero attached hydrogens (tertiary/aromatic N) is 3. The van der Waals surface area contributed by atoms with Gasteiger partial charge in [0.05, 0.1) is 25.7 Å². The minimum Gasteiger partial charge on any atom is -0.378 e. The van der Waals surface area contributed by atoms with Gasteiger partial charge in [-0.15, -0.1) is 0 Å². The van der Waals surface area contributed by atoms with E-state index in [2.05, 4.69) is 9.97 Å². The van der Waals surface area contributed by atoms with Crippen molar-refractivity contribution < 1.29 is 13.9 Å². The Kier molecular flexibility index (Phi) is 5.45. The third kappa shape index (κ3) is 4.01. The molecule has 0 bridgehead atoms. The second-order valence-electron chi connectivity index (χ2n) is 7.99. The zero-order chi connectivity index (χ0) is 22.1. The lowest BCUT2D eigenvalue weighted by atomic mass is 10.0. The van der Waals surface area contributed by atoms with Gasteiger partial charge in [-0.3, -0.25) is 9.59 Å². The minimum atomic E-state index is -0.316. The SMILES string of the molecule is O=C(Cc1nc(N2CCOCC2)cc(=O)[nH]1)N1c2ccccc2C[C@@H]1c1ccc(F)cc1. The number of benzene rings is 2. The Morgan fingerprint density at radius 1 is 1.12 bits per heavy atom. The molecule has 0 saturated carbocycles. The summed E-state index contributed by atoms with van der Waals surface area (Å²) in [5.74, 6) is 0.387. The smallest absolute Gasteiger partial charge is 0.252 e. The number of halogens is 1. The van der Waals surface area contributed by atoms with E-state index in [1.54, 1.807) is 17.0 Å². The van der Waals surface area contributed by atoms with Gasteiger partial charge in [-0.25, -0.2) is 9.37 Å². The van der Waals surface area contributed by atoms with Crippen molar-refractivity contribution in [1.82, 2.24) is 9.97 Å². The number of hydrogen-bond acceptors (Lipinski definition) is 5. The van der Waals surface area contributed by atoms with Crippen LogP contribution in [0.2, 0.25) is 0 Å². The van der Waals surface area contributed by atoms with Crippen LogP contribution in [-0.4, -0.2) is 42.2 Å². The summed E-state index contributed by atoms with van der Waals surface area (Å²) in [6.45, 7) is 2.45. The Morgan fingerprint density at radius 2 is 1.88 bits per heavy atom. The number of carbonyl (C=O) groups is 1. The summed E-state index contributed by atoms with van der Waals surface area (Å²) in [5, 5.41) is 0. The number of rotatable bonds is 4. The molecule has 3 aromatic rings. The summed E-state index contributed by atoms with van der Waals surface area (Å²) in [6.07, 6.45) is 0.602. The summed E-state index contributed by atoms with van der Waals surface area (Å²) in [4.78, 5) is 36.7. The first-order valence-electron chi connectivity index (χ1n) is 10.7. The van der Waals surface area contributed by atoms with E-state index < -0.39 is 0 Å². The van der Waals surface area contributed by atoms with Crippen molar-refractivity contribution in [1.29, 1.82) is 0 Å². The lowest BCUT2D eigenvalue weighted by molar-refractivity contribution is -0.118. The molecule has 2 aliphatic rings. The van der Waals surface area contributed by atoms with E-state index in [0.717, 1.165) is 16.8 Å². The molecule has 0 radical (unpaired) electrons. The first-order valence-corrected chi connectivity index (χ1v) is 10.7. The number of para-hydroxylation sites is 1. The molecule has 7 nitrogen and oxygen atoms in total. The highest BCUT2D eigenvalue weighted by Crippen LogP contribution is 2.40. The summed E-state index contributed by atoms with van der Waals surface area (Å²) in [5.41, 5.74) is 2.46. The Morgan fingerprint density at radius 3 is 2.66 bits per heavy atom. The van der Waals surface area contributed by atoms with E-state index in [9.17, 15) is 14.0 Å². The number of carbonyl (C=O) groups excluding carboxylic acids is 1. The number of ether oxygens (including phenoxy) is 1. The molecule has 2 aromatic carbocycles. The fourth-order valence-electron chi connectivity index (χ4n) is 4.41. The molecular formula is C24H23FN4O3. The monoisotopic (exact) mass is 434 g/mol. The average Bonchev–Trinajstić information content (AvgIpc) is 3.19. The van der Waals surface area contributed by atoms with Crippen LogP contribution in [0.1, 0.15) is 23.0 Å². The standard InChI is InChI=1S/C24H23FN4O3/c25-18-7-5-16(6-8-18)20-13-17-3-1-2-4-19(17)29(20)24(31)14-21-26-22(15-23(30)27-21)28-9-11-32-12-10-28/h1-8,15,20H,9-14H2,(H,26,27,30)/t20-/m1/s1. The van der Waals surface area contributed by atoms with Gasteiger partial charge in [-0.2, -0.15) is 0 Å². The zero-order valence-electron chi connectivity index (χ0n) is 17.5. The summed E-state index contributed by atoms with van der Waals surface area (Å²) >= 11 is 0. The van der Waals surface area contributed by atoms with Gasteiger partial charge < -0.3 is 19.5 Å². The number of hydrogen-bond donors (Lipinski definition) is 1. The van der Waals surface area contributed by atoms with Gasteiger partial charge in [0.25, 0.3) is 5.56 Å². The van der Waals surface area contributed by atoms with E-state index in [1.165, 1.54) is 18.2 Å². The molecule has 1 saturated heterocycles. The van der Waals surface area contributed by atoms with Crippen LogP contribution in [0.15, 0.2) is 59.4 Å². The molecule has 164 valence electrons. The number of fused-ring (bicyclic) bond motifs is 1. The fraction of sp³-hybridized carbons (Fsp3) is 0.292. The minimum absolute atomic E-state index is 0.0422. The van der Waals surface area contributed by atoms with Crippen molar-refractivity contribution in [3.63, 3.8) is 0 Å². The first-order chi connectivity index (χ1) is 15.6. The van der Waals surface area contributed by atoms with E-state index in [1.807, 2.05) is 29.2 Å². The third-order valence-corrected chi connectivity index (χ3v) is 5.93. The van der Waals surface area contributed by atoms with Crippen LogP contribution in [-0.2, 0) is 22.4 Å². The number of H-pyrrole nitrogens is 1.